The van der Waals surface area contributed by atoms with Crippen LogP contribution in [0.4, 0.5) is 0 Å². The molecule has 0 saturated carbocycles. The lowest BCUT2D eigenvalue weighted by Crippen LogP contribution is -2.15. The lowest BCUT2D eigenvalue weighted by atomic mass is 9.97. The predicted molar refractivity (Wildman–Crippen MR) is 74.6 cm³/mol. The Balaban J connectivity index is 4.91. The van der Waals surface area contributed by atoms with Crippen LogP contribution in [-0.4, -0.2) is 26.3 Å². The third-order valence-corrected chi connectivity index (χ3v) is 2.90. The summed E-state index contributed by atoms with van der Waals surface area (Å²) in [5, 5.41) is 0. The molecule has 0 aromatic rings. The van der Waals surface area contributed by atoms with Crippen LogP contribution in [0.1, 0.15) is 59.3 Å². The van der Waals surface area contributed by atoms with Crippen molar-refractivity contribution in [3.8, 4) is 0 Å². The maximum absolute atomic E-state index is 11.9. The van der Waals surface area contributed by atoms with Crippen molar-refractivity contribution in [2.24, 2.45) is 0 Å². The second-order valence-corrected chi connectivity index (χ2v) is 4.44. The van der Waals surface area contributed by atoms with Gasteiger partial charge in [-0.2, -0.15) is 0 Å². The normalized spacial score (nSPS) is 10.2. The highest BCUT2D eigenvalue weighted by Crippen LogP contribution is 2.20. The molecule has 3 heteroatoms. The zero-order valence-electron chi connectivity index (χ0n) is 12.4. The SMILES string of the molecule is CCCCC(CCCC)=C(COC)C(=O)OCC. The van der Waals surface area contributed by atoms with E-state index >= 15 is 0 Å². The van der Waals surface area contributed by atoms with E-state index in [-0.39, 0.29) is 5.97 Å². The molecule has 0 unspecified atom stereocenters. The molecule has 0 N–H and O–H groups in total. The van der Waals surface area contributed by atoms with Gasteiger partial charge in [0.25, 0.3) is 0 Å². The summed E-state index contributed by atoms with van der Waals surface area (Å²) in [5.41, 5.74) is 1.96. The van der Waals surface area contributed by atoms with E-state index in [4.69, 9.17) is 9.47 Å². The van der Waals surface area contributed by atoms with Crippen LogP contribution >= 0.6 is 0 Å². The lowest BCUT2D eigenvalue weighted by molar-refractivity contribution is -0.139. The number of hydrogen-bond donors (Lipinski definition) is 0. The average Bonchev–Trinajstić information content (AvgIpc) is 2.37. The molecule has 106 valence electrons. The zero-order chi connectivity index (χ0) is 13.8. The van der Waals surface area contributed by atoms with E-state index in [2.05, 4.69) is 13.8 Å². The zero-order valence-corrected chi connectivity index (χ0v) is 12.4. The molecular formula is C15H28O3. The summed E-state index contributed by atoms with van der Waals surface area (Å²) >= 11 is 0. The Morgan fingerprint density at radius 3 is 1.94 bits per heavy atom. The molecular weight excluding hydrogens is 228 g/mol. The molecule has 0 aromatic heterocycles. The van der Waals surface area contributed by atoms with Crippen molar-refractivity contribution in [1.29, 1.82) is 0 Å². The van der Waals surface area contributed by atoms with Gasteiger partial charge < -0.3 is 9.47 Å². The quantitative estimate of drug-likeness (QED) is 0.439. The molecule has 0 aromatic carbocycles. The maximum Gasteiger partial charge on any atom is 0.336 e. The molecule has 0 fully saturated rings. The third-order valence-electron chi connectivity index (χ3n) is 2.90. The first-order valence-corrected chi connectivity index (χ1v) is 7.08. The van der Waals surface area contributed by atoms with Gasteiger partial charge in [0.15, 0.2) is 0 Å². The minimum Gasteiger partial charge on any atom is -0.463 e. The summed E-state index contributed by atoms with van der Waals surface area (Å²) in [7, 11) is 1.62. The smallest absolute Gasteiger partial charge is 0.336 e. The Morgan fingerprint density at radius 2 is 1.56 bits per heavy atom. The molecule has 0 atom stereocenters. The number of methoxy groups -OCH3 is 1. The van der Waals surface area contributed by atoms with Crippen molar-refractivity contribution in [1.82, 2.24) is 0 Å². The van der Waals surface area contributed by atoms with E-state index in [0.29, 0.717) is 13.2 Å². The van der Waals surface area contributed by atoms with Gasteiger partial charge >= 0.3 is 5.97 Å². The first-order valence-electron chi connectivity index (χ1n) is 7.08. The number of hydrogen-bond acceptors (Lipinski definition) is 3. The number of rotatable bonds is 10. The summed E-state index contributed by atoms with van der Waals surface area (Å²) < 4.78 is 10.3. The molecule has 18 heavy (non-hydrogen) atoms. The van der Waals surface area contributed by atoms with Gasteiger partial charge in [-0.1, -0.05) is 32.3 Å². The van der Waals surface area contributed by atoms with Crippen molar-refractivity contribution in [2.45, 2.75) is 59.3 Å². The minimum atomic E-state index is -0.207. The fourth-order valence-electron chi connectivity index (χ4n) is 1.87. The summed E-state index contributed by atoms with van der Waals surface area (Å²) in [6.07, 6.45) is 6.47. The number of ether oxygens (including phenoxy) is 2. The Kier molecular flexibility index (Phi) is 10.8. The molecule has 0 amide bonds. The monoisotopic (exact) mass is 256 g/mol. The number of unbranched alkanes of at least 4 members (excludes halogenated alkanes) is 2. The van der Waals surface area contributed by atoms with Crippen LogP contribution in [0.3, 0.4) is 0 Å². The minimum absolute atomic E-state index is 0.207. The summed E-state index contributed by atoms with van der Waals surface area (Å²) in [6.45, 7) is 6.94. The fraction of sp³-hybridized carbons (Fsp3) is 0.800. The molecule has 0 aliphatic heterocycles. The van der Waals surface area contributed by atoms with Crippen molar-refractivity contribution < 1.29 is 14.3 Å². The Hall–Kier alpha value is -0.830. The van der Waals surface area contributed by atoms with Crippen LogP contribution in [0.5, 0.6) is 0 Å². The first kappa shape index (κ1) is 17.2. The molecule has 0 spiro atoms. The van der Waals surface area contributed by atoms with Gasteiger partial charge in [0, 0.05) is 7.11 Å². The highest BCUT2D eigenvalue weighted by Gasteiger charge is 2.16. The molecule has 0 radical (unpaired) electrons. The topological polar surface area (TPSA) is 35.5 Å². The highest BCUT2D eigenvalue weighted by molar-refractivity contribution is 5.89. The third kappa shape index (κ3) is 6.80. The standard InChI is InChI=1S/C15H28O3/c1-5-8-10-13(11-9-6-2)14(12-17-4)15(16)18-7-3/h5-12H2,1-4H3. The van der Waals surface area contributed by atoms with E-state index in [1.54, 1.807) is 7.11 Å². The van der Waals surface area contributed by atoms with Crippen LogP contribution in [-0.2, 0) is 14.3 Å². The van der Waals surface area contributed by atoms with Gasteiger partial charge in [-0.05, 0) is 32.6 Å². The van der Waals surface area contributed by atoms with Crippen LogP contribution in [0.25, 0.3) is 0 Å². The van der Waals surface area contributed by atoms with Crippen molar-refractivity contribution in [2.75, 3.05) is 20.3 Å². The van der Waals surface area contributed by atoms with Crippen molar-refractivity contribution >= 4 is 5.97 Å². The Labute approximate surface area is 112 Å². The number of carbonyl (C=O) groups excluding carboxylic acids is 1. The Bertz CT molecular complexity index is 246. The fourth-order valence-corrected chi connectivity index (χ4v) is 1.87. The molecule has 0 aliphatic carbocycles. The van der Waals surface area contributed by atoms with E-state index in [1.165, 1.54) is 5.57 Å². The average molecular weight is 256 g/mol. The summed E-state index contributed by atoms with van der Waals surface area (Å²) in [4.78, 5) is 11.9. The molecule has 0 bridgehead atoms. The predicted octanol–water partition coefficient (Wildman–Crippen LogP) is 3.87. The van der Waals surface area contributed by atoms with Crippen LogP contribution in [0, 0.1) is 0 Å². The van der Waals surface area contributed by atoms with Gasteiger partial charge in [0.05, 0.1) is 18.8 Å². The van der Waals surface area contributed by atoms with Gasteiger partial charge in [-0.3, -0.25) is 0 Å². The molecule has 0 aliphatic rings. The van der Waals surface area contributed by atoms with Gasteiger partial charge in [-0.15, -0.1) is 0 Å². The van der Waals surface area contributed by atoms with Crippen molar-refractivity contribution in [3.63, 3.8) is 0 Å². The van der Waals surface area contributed by atoms with Crippen LogP contribution in [0.15, 0.2) is 11.1 Å². The van der Waals surface area contributed by atoms with Gasteiger partial charge in [0.1, 0.15) is 0 Å². The van der Waals surface area contributed by atoms with E-state index in [9.17, 15) is 4.79 Å². The first-order chi connectivity index (χ1) is 8.71. The van der Waals surface area contributed by atoms with E-state index in [0.717, 1.165) is 44.1 Å². The van der Waals surface area contributed by atoms with Gasteiger partial charge in [0.2, 0.25) is 0 Å². The van der Waals surface area contributed by atoms with Gasteiger partial charge in [-0.25, -0.2) is 4.79 Å². The molecule has 3 nitrogen and oxygen atoms in total. The van der Waals surface area contributed by atoms with Crippen LogP contribution in [0.2, 0.25) is 0 Å². The number of carbonyl (C=O) groups is 1. The highest BCUT2D eigenvalue weighted by atomic mass is 16.5. The summed E-state index contributed by atoms with van der Waals surface area (Å²) in [5.74, 6) is -0.207. The maximum atomic E-state index is 11.9. The molecule has 0 saturated heterocycles. The van der Waals surface area contributed by atoms with E-state index < -0.39 is 0 Å². The second kappa shape index (κ2) is 11.3. The summed E-state index contributed by atoms with van der Waals surface area (Å²) in [6, 6.07) is 0. The Morgan fingerprint density at radius 1 is 1.00 bits per heavy atom. The molecule has 0 heterocycles. The van der Waals surface area contributed by atoms with Crippen molar-refractivity contribution in [3.05, 3.63) is 11.1 Å². The number of allylic oxidation sites excluding steroid dienone is 1. The van der Waals surface area contributed by atoms with E-state index in [1.807, 2.05) is 6.92 Å². The number of esters is 1. The largest absolute Gasteiger partial charge is 0.463 e. The molecule has 0 rings (SSSR count). The lowest BCUT2D eigenvalue weighted by Gasteiger charge is -2.14. The van der Waals surface area contributed by atoms with Crippen LogP contribution < -0.4 is 0 Å². The second-order valence-electron chi connectivity index (χ2n) is 4.44.